The number of nitrogens with two attached hydrogens (primary N) is 1. The van der Waals surface area contributed by atoms with E-state index in [1.54, 1.807) is 0 Å². The zero-order chi connectivity index (χ0) is 21.8. The van der Waals surface area contributed by atoms with Crippen molar-refractivity contribution in [2.45, 2.75) is 37.6 Å². The second-order valence-electron chi connectivity index (χ2n) is 8.22. The Balaban J connectivity index is 1.66. The molecule has 2 heterocycles. The fourth-order valence-corrected chi connectivity index (χ4v) is 5.63. The molecule has 3 aromatic rings. The highest BCUT2D eigenvalue weighted by Crippen LogP contribution is 2.51. The van der Waals surface area contributed by atoms with E-state index in [0.717, 1.165) is 60.3 Å². The molecule has 0 bridgehead atoms. The van der Waals surface area contributed by atoms with Crippen LogP contribution in [0.5, 0.6) is 0 Å². The van der Waals surface area contributed by atoms with Gasteiger partial charge in [-0.2, -0.15) is 10.6 Å². The fraction of sp³-hybridized carbons (Fsp3) is 0.375. The average molecular weight is 441 g/mol. The third-order valence-electron chi connectivity index (χ3n) is 5.80. The molecule has 31 heavy (non-hydrogen) atoms. The van der Waals surface area contributed by atoms with Gasteiger partial charge in [0.15, 0.2) is 0 Å². The molecule has 0 aliphatic carbocycles. The Morgan fingerprint density at radius 1 is 1.10 bits per heavy atom. The number of hydrogen-bond acceptors (Lipinski definition) is 6. The van der Waals surface area contributed by atoms with Crippen molar-refractivity contribution in [3.8, 4) is 0 Å². The minimum atomic E-state index is -2.80. The highest BCUT2D eigenvalue weighted by atomic mass is 32.3. The second kappa shape index (κ2) is 9.44. The molecule has 6 nitrogen and oxygen atoms in total. The molecule has 0 saturated heterocycles. The van der Waals surface area contributed by atoms with Crippen LogP contribution >= 0.6 is 10.6 Å². The zero-order valence-electron chi connectivity index (χ0n) is 18.1. The molecule has 0 atom stereocenters. The van der Waals surface area contributed by atoms with E-state index in [2.05, 4.69) is 41.4 Å². The number of nitrogens with one attached hydrogen (secondary N) is 1. The zero-order valence-corrected chi connectivity index (χ0v) is 18.9. The van der Waals surface area contributed by atoms with Crippen LogP contribution in [0.3, 0.4) is 0 Å². The van der Waals surface area contributed by atoms with Gasteiger partial charge in [0, 0.05) is 36.8 Å². The van der Waals surface area contributed by atoms with Crippen molar-refractivity contribution < 1.29 is 9.11 Å². The number of nitrogens with zero attached hydrogens (tertiary/aromatic N) is 2. The van der Waals surface area contributed by atoms with Crippen LogP contribution in [-0.4, -0.2) is 39.5 Å². The molecule has 2 aromatic carbocycles. The molecule has 0 radical (unpaired) electrons. The van der Waals surface area contributed by atoms with Crippen LogP contribution in [0.1, 0.15) is 30.4 Å². The predicted octanol–water partition coefficient (Wildman–Crippen LogP) is 5.21. The first-order valence-electron chi connectivity index (χ1n) is 10.9. The van der Waals surface area contributed by atoms with Crippen molar-refractivity contribution >= 4 is 33.0 Å². The van der Waals surface area contributed by atoms with Gasteiger partial charge in [-0.05, 0) is 50.1 Å². The van der Waals surface area contributed by atoms with Gasteiger partial charge in [0.25, 0.3) is 0 Å². The highest BCUT2D eigenvalue weighted by Gasteiger charge is 2.26. The lowest BCUT2D eigenvalue weighted by Crippen LogP contribution is -2.26. The van der Waals surface area contributed by atoms with Crippen molar-refractivity contribution in [3.63, 3.8) is 0 Å². The predicted molar refractivity (Wildman–Crippen MR) is 131 cm³/mol. The monoisotopic (exact) mass is 440 g/mol. The molecule has 7 heteroatoms. The Labute approximate surface area is 185 Å². The van der Waals surface area contributed by atoms with E-state index in [0.29, 0.717) is 23.7 Å². The van der Waals surface area contributed by atoms with Gasteiger partial charge in [0.1, 0.15) is 5.82 Å². The van der Waals surface area contributed by atoms with E-state index in [-0.39, 0.29) is 0 Å². The standard InChI is InChI=1S/C24H32N4O2S/c1-18-9-10-21-20(15-18)22(26-12-6-2-5-11-25)16-24(27-21)28-13-14-31(29,30)23-8-4-3-7-19(23)17-28/h3-4,7-10,15-16,29-30H,2,5-6,11-14,17,25H2,1H3,(H,26,27). The van der Waals surface area contributed by atoms with Gasteiger partial charge < -0.3 is 16.0 Å². The largest absolute Gasteiger partial charge is 0.384 e. The lowest BCUT2D eigenvalue weighted by atomic mass is 10.1. The highest BCUT2D eigenvalue weighted by molar-refractivity contribution is 8.24. The lowest BCUT2D eigenvalue weighted by Gasteiger charge is -2.32. The van der Waals surface area contributed by atoms with E-state index in [4.69, 9.17) is 10.7 Å². The summed E-state index contributed by atoms with van der Waals surface area (Å²) in [6.07, 6.45) is 3.22. The third-order valence-corrected chi connectivity index (χ3v) is 7.66. The SMILES string of the molecule is Cc1ccc2nc(N3CCS(O)(O)c4ccccc4C3)cc(NCCCCCN)c2c1. The molecule has 0 saturated carbocycles. The normalized spacial score (nSPS) is 16.6. The van der Waals surface area contributed by atoms with Gasteiger partial charge in [0.05, 0.1) is 16.2 Å². The van der Waals surface area contributed by atoms with Crippen LogP contribution < -0.4 is 16.0 Å². The van der Waals surface area contributed by atoms with Gasteiger partial charge >= 0.3 is 0 Å². The maximum atomic E-state index is 10.7. The molecule has 0 unspecified atom stereocenters. The maximum Gasteiger partial charge on any atom is 0.131 e. The van der Waals surface area contributed by atoms with Crippen molar-refractivity contribution in [3.05, 3.63) is 59.7 Å². The molecule has 4 rings (SSSR count). The summed E-state index contributed by atoms with van der Waals surface area (Å²) in [4.78, 5) is 7.75. The lowest BCUT2D eigenvalue weighted by molar-refractivity contribution is 0.488. The number of rotatable bonds is 7. The van der Waals surface area contributed by atoms with Crippen molar-refractivity contribution in [1.82, 2.24) is 4.98 Å². The summed E-state index contributed by atoms with van der Waals surface area (Å²) in [6, 6.07) is 16.0. The first-order valence-corrected chi connectivity index (χ1v) is 12.6. The number of hydrogen-bond donors (Lipinski definition) is 4. The second-order valence-corrected chi connectivity index (χ2v) is 10.4. The summed E-state index contributed by atoms with van der Waals surface area (Å²) in [5, 5.41) is 4.72. The molecule has 0 amide bonds. The Morgan fingerprint density at radius 3 is 2.77 bits per heavy atom. The van der Waals surface area contributed by atoms with Gasteiger partial charge in [-0.3, -0.25) is 9.11 Å². The number of anilines is 2. The molecular formula is C24H32N4O2S. The Bertz CT molecular complexity index is 1060. The van der Waals surface area contributed by atoms with Crippen LogP contribution in [0.4, 0.5) is 11.5 Å². The summed E-state index contributed by atoms with van der Waals surface area (Å²) in [5.74, 6) is 1.16. The first kappa shape index (κ1) is 21.9. The quantitative estimate of drug-likeness (QED) is 0.377. The van der Waals surface area contributed by atoms with Gasteiger partial charge in [0.2, 0.25) is 0 Å². The summed E-state index contributed by atoms with van der Waals surface area (Å²) < 4.78 is 21.4. The van der Waals surface area contributed by atoms with E-state index >= 15 is 0 Å². The molecule has 166 valence electrons. The molecule has 1 aromatic heterocycles. The summed E-state index contributed by atoms with van der Waals surface area (Å²) in [7, 11) is -2.80. The molecule has 1 aliphatic rings. The number of pyridine rings is 1. The summed E-state index contributed by atoms with van der Waals surface area (Å²) in [6.45, 7) is 4.85. The Morgan fingerprint density at radius 2 is 1.94 bits per heavy atom. The summed E-state index contributed by atoms with van der Waals surface area (Å²) >= 11 is 0. The number of fused-ring (bicyclic) bond motifs is 2. The fourth-order valence-electron chi connectivity index (χ4n) is 4.08. The molecular weight excluding hydrogens is 408 g/mol. The van der Waals surface area contributed by atoms with Gasteiger partial charge in [-0.15, -0.1) is 0 Å². The molecule has 0 spiro atoms. The molecule has 1 aliphatic heterocycles. The van der Waals surface area contributed by atoms with E-state index in [1.165, 1.54) is 5.56 Å². The van der Waals surface area contributed by atoms with Gasteiger partial charge in [-0.25, -0.2) is 4.98 Å². The average Bonchev–Trinajstić information content (AvgIpc) is 2.90. The van der Waals surface area contributed by atoms with Crippen LogP contribution in [0, 0.1) is 6.92 Å². The Kier molecular flexibility index (Phi) is 6.67. The van der Waals surface area contributed by atoms with E-state index < -0.39 is 10.6 Å². The van der Waals surface area contributed by atoms with Crippen molar-refractivity contribution in [2.24, 2.45) is 5.73 Å². The summed E-state index contributed by atoms with van der Waals surface area (Å²) in [5.41, 5.74) is 9.77. The number of aromatic nitrogens is 1. The van der Waals surface area contributed by atoms with Crippen LogP contribution in [-0.2, 0) is 6.54 Å². The number of aryl methyl sites for hydroxylation is 1. The van der Waals surface area contributed by atoms with Crippen molar-refractivity contribution in [1.29, 1.82) is 0 Å². The molecule has 5 N–H and O–H groups in total. The van der Waals surface area contributed by atoms with Crippen LogP contribution in [0.25, 0.3) is 10.9 Å². The van der Waals surface area contributed by atoms with Gasteiger partial charge in [-0.1, -0.05) is 36.2 Å². The van der Waals surface area contributed by atoms with Crippen LogP contribution in [0.15, 0.2) is 53.4 Å². The minimum absolute atomic E-state index is 0.305. The van der Waals surface area contributed by atoms with Crippen LogP contribution in [0.2, 0.25) is 0 Å². The smallest absolute Gasteiger partial charge is 0.131 e. The Hall–Kier alpha value is -2.32. The minimum Gasteiger partial charge on any atom is -0.384 e. The maximum absolute atomic E-state index is 10.7. The third kappa shape index (κ3) is 4.96. The number of benzene rings is 2. The van der Waals surface area contributed by atoms with E-state index in [9.17, 15) is 9.11 Å². The first-order chi connectivity index (χ1) is 15.0. The van der Waals surface area contributed by atoms with Crippen molar-refractivity contribution in [2.75, 3.05) is 35.6 Å². The topological polar surface area (TPSA) is 94.6 Å². The molecule has 0 fully saturated rings. The van der Waals surface area contributed by atoms with E-state index in [1.807, 2.05) is 24.3 Å². The number of unbranched alkanes of at least 4 members (excludes halogenated alkanes) is 2.